The minimum Gasteiger partial charge on any atom is -0.463 e. The largest absolute Gasteiger partial charge is 0.463 e. The van der Waals surface area contributed by atoms with Crippen molar-refractivity contribution in [3.63, 3.8) is 0 Å². The zero-order valence-corrected chi connectivity index (χ0v) is 28.3. The van der Waals surface area contributed by atoms with E-state index >= 15 is 0 Å². The molecule has 0 aromatic rings. The maximum absolute atomic E-state index is 12.9. The van der Waals surface area contributed by atoms with E-state index in [4.69, 9.17) is 23.7 Å². The lowest BCUT2D eigenvalue weighted by molar-refractivity contribution is -0.200. The number of carbonyl (C=O) groups excluding carboxylic acids is 4. The van der Waals surface area contributed by atoms with E-state index in [9.17, 15) is 19.2 Å². The summed E-state index contributed by atoms with van der Waals surface area (Å²) in [6.45, 7) is 5.45. The lowest BCUT2D eigenvalue weighted by atomic mass is 10.1. The summed E-state index contributed by atoms with van der Waals surface area (Å²) < 4.78 is 28.8. The molecule has 1 unspecified atom stereocenters. The predicted molar refractivity (Wildman–Crippen MR) is 168 cm³/mol. The summed E-state index contributed by atoms with van der Waals surface area (Å²) in [5, 5.41) is 0. The van der Waals surface area contributed by atoms with E-state index in [-0.39, 0.29) is 32.3 Å². The quantitative estimate of drug-likeness (QED) is 0.0769. The van der Waals surface area contributed by atoms with Gasteiger partial charge < -0.3 is 33.5 Å². The number of rotatable bonds is 25. The Bertz CT molecular complexity index is 821. The number of esters is 4. The number of hydrogen-bond acceptors (Lipinski definition) is 11. The molecular formula is C33H60N2O9. The van der Waals surface area contributed by atoms with Gasteiger partial charge in [-0.05, 0) is 67.0 Å². The average molecular weight is 629 g/mol. The minimum absolute atomic E-state index is 0.143. The summed E-state index contributed by atoms with van der Waals surface area (Å²) in [5.41, 5.74) is 0. The van der Waals surface area contributed by atoms with Crippen LogP contribution in [0.5, 0.6) is 0 Å². The summed E-state index contributed by atoms with van der Waals surface area (Å²) in [6.07, 6.45) is 7.05. The predicted octanol–water partition coefficient (Wildman–Crippen LogP) is 5.03. The molecule has 1 rings (SSSR count). The smallest absolute Gasteiger partial charge is 0.308 e. The van der Waals surface area contributed by atoms with Gasteiger partial charge in [0.1, 0.15) is 12.7 Å². The zero-order valence-electron chi connectivity index (χ0n) is 28.3. The maximum atomic E-state index is 12.9. The molecule has 1 aliphatic heterocycles. The van der Waals surface area contributed by atoms with Crippen molar-refractivity contribution in [3.8, 4) is 0 Å². The van der Waals surface area contributed by atoms with E-state index in [1.807, 2.05) is 38.0 Å². The van der Waals surface area contributed by atoms with Gasteiger partial charge in [-0.1, -0.05) is 65.2 Å². The Labute approximate surface area is 265 Å². The van der Waals surface area contributed by atoms with Crippen molar-refractivity contribution in [1.82, 2.24) is 9.80 Å². The van der Waals surface area contributed by atoms with Crippen LogP contribution in [0.1, 0.15) is 117 Å². The Morgan fingerprint density at radius 1 is 0.545 bits per heavy atom. The molecule has 0 aromatic heterocycles. The van der Waals surface area contributed by atoms with Gasteiger partial charge >= 0.3 is 23.9 Å². The van der Waals surface area contributed by atoms with Crippen LogP contribution in [-0.2, 0) is 42.9 Å². The highest BCUT2D eigenvalue weighted by Crippen LogP contribution is 2.30. The van der Waals surface area contributed by atoms with Gasteiger partial charge in [-0.15, -0.1) is 0 Å². The second-order valence-electron chi connectivity index (χ2n) is 12.3. The van der Waals surface area contributed by atoms with E-state index in [1.165, 1.54) is 0 Å². The van der Waals surface area contributed by atoms with Crippen molar-refractivity contribution in [2.24, 2.45) is 0 Å². The molecule has 0 N–H and O–H groups in total. The highest BCUT2D eigenvalue weighted by atomic mass is 16.8. The number of nitrogens with zero attached hydrogens (tertiary/aromatic N) is 2. The van der Waals surface area contributed by atoms with Gasteiger partial charge in [0.05, 0.1) is 0 Å². The van der Waals surface area contributed by atoms with Gasteiger partial charge in [-0.3, -0.25) is 19.2 Å². The molecule has 0 aromatic carbocycles. The van der Waals surface area contributed by atoms with Crippen molar-refractivity contribution in [2.75, 3.05) is 47.9 Å². The van der Waals surface area contributed by atoms with E-state index in [0.717, 1.165) is 57.9 Å². The third kappa shape index (κ3) is 18.5. The molecule has 1 fully saturated rings. The topological polar surface area (TPSA) is 121 Å². The molecular weight excluding hydrogens is 568 g/mol. The Kier molecular flexibility index (Phi) is 21.7. The fourth-order valence-corrected chi connectivity index (χ4v) is 4.87. The van der Waals surface area contributed by atoms with Crippen LogP contribution in [-0.4, -0.2) is 106 Å². The van der Waals surface area contributed by atoms with E-state index < -0.39 is 48.5 Å². The molecule has 11 heteroatoms. The van der Waals surface area contributed by atoms with Gasteiger partial charge in [0, 0.05) is 25.7 Å². The van der Waals surface area contributed by atoms with Crippen LogP contribution in [0.3, 0.4) is 0 Å². The monoisotopic (exact) mass is 628 g/mol. The lowest BCUT2D eigenvalue weighted by Crippen LogP contribution is -2.42. The molecule has 4 atom stereocenters. The highest BCUT2D eigenvalue weighted by molar-refractivity contribution is 5.72. The molecule has 0 bridgehead atoms. The Morgan fingerprint density at radius 3 is 1.48 bits per heavy atom. The van der Waals surface area contributed by atoms with Gasteiger partial charge in [-0.2, -0.15) is 0 Å². The molecule has 0 aliphatic carbocycles. The molecule has 11 nitrogen and oxygen atoms in total. The first kappa shape index (κ1) is 39.8. The van der Waals surface area contributed by atoms with Gasteiger partial charge in [0.2, 0.25) is 12.4 Å². The molecule has 1 aliphatic rings. The van der Waals surface area contributed by atoms with Gasteiger partial charge in [0.25, 0.3) is 0 Å². The van der Waals surface area contributed by atoms with Crippen LogP contribution < -0.4 is 0 Å². The summed E-state index contributed by atoms with van der Waals surface area (Å²) in [5.74, 6) is -1.87. The first-order valence-electron chi connectivity index (χ1n) is 16.8. The Morgan fingerprint density at radius 2 is 0.977 bits per heavy atom. The standard InChI is InChI=1S/C33H60N2O9/c1-7-9-11-13-15-19-28(37)42-31-26(25-40-27(36)21-17-23-34(3)4)41-33(44-30(39)22-18-24-35(5)6)32(31)43-29(38)20-16-14-12-10-8-2/h26,31-33H,7-25H2,1-6H3/t26-,31+,32?,33+/m1/s1. The van der Waals surface area contributed by atoms with Crippen molar-refractivity contribution >= 4 is 23.9 Å². The van der Waals surface area contributed by atoms with E-state index in [1.54, 1.807) is 0 Å². The zero-order chi connectivity index (χ0) is 32.7. The number of carbonyl (C=O) groups is 4. The van der Waals surface area contributed by atoms with Crippen LogP contribution in [0.25, 0.3) is 0 Å². The van der Waals surface area contributed by atoms with Gasteiger partial charge in [0.15, 0.2) is 6.10 Å². The molecule has 256 valence electrons. The Hall–Kier alpha value is -2.24. The number of unbranched alkanes of at least 4 members (excludes halogenated alkanes) is 8. The fourth-order valence-electron chi connectivity index (χ4n) is 4.87. The van der Waals surface area contributed by atoms with Crippen molar-refractivity contribution in [2.45, 2.75) is 141 Å². The number of ether oxygens (including phenoxy) is 5. The third-order valence-electron chi connectivity index (χ3n) is 7.40. The molecule has 0 spiro atoms. The Balaban J connectivity index is 3.02. The van der Waals surface area contributed by atoms with Crippen LogP contribution in [0.15, 0.2) is 0 Å². The highest BCUT2D eigenvalue weighted by Gasteiger charge is 2.52. The van der Waals surface area contributed by atoms with Crippen LogP contribution >= 0.6 is 0 Å². The van der Waals surface area contributed by atoms with Crippen LogP contribution in [0.4, 0.5) is 0 Å². The summed E-state index contributed by atoms with van der Waals surface area (Å²) >= 11 is 0. The SMILES string of the molecule is CCCCCCCC(=O)OC1[C@H](OC(=O)CCCN(C)C)O[C@H](COC(=O)CCCN(C)C)[C@@H]1OC(=O)CCCCCCC. The first-order chi connectivity index (χ1) is 21.1. The molecule has 0 radical (unpaired) electrons. The second-order valence-corrected chi connectivity index (χ2v) is 12.3. The molecule has 0 amide bonds. The van der Waals surface area contributed by atoms with Crippen LogP contribution in [0, 0.1) is 0 Å². The summed E-state index contributed by atoms with van der Waals surface area (Å²) in [7, 11) is 7.68. The van der Waals surface area contributed by atoms with E-state index in [2.05, 4.69) is 13.8 Å². The normalized spacial score (nSPS) is 19.7. The van der Waals surface area contributed by atoms with Gasteiger partial charge in [-0.25, -0.2) is 0 Å². The average Bonchev–Trinajstić information content (AvgIpc) is 3.25. The molecule has 44 heavy (non-hydrogen) atoms. The molecule has 1 saturated heterocycles. The lowest BCUT2D eigenvalue weighted by Gasteiger charge is -2.24. The van der Waals surface area contributed by atoms with Crippen molar-refractivity contribution in [1.29, 1.82) is 0 Å². The summed E-state index contributed by atoms with van der Waals surface area (Å²) in [6, 6.07) is 0. The minimum atomic E-state index is -1.29. The van der Waals surface area contributed by atoms with E-state index in [0.29, 0.717) is 32.2 Å². The molecule has 0 saturated carbocycles. The first-order valence-corrected chi connectivity index (χ1v) is 16.8. The fraction of sp³-hybridized carbons (Fsp3) is 0.879. The number of hydrogen-bond donors (Lipinski definition) is 0. The third-order valence-corrected chi connectivity index (χ3v) is 7.40. The molecule has 1 heterocycles. The van der Waals surface area contributed by atoms with Crippen molar-refractivity contribution in [3.05, 3.63) is 0 Å². The summed E-state index contributed by atoms with van der Waals surface area (Å²) in [4.78, 5) is 54.9. The van der Waals surface area contributed by atoms with Crippen molar-refractivity contribution < 1.29 is 42.9 Å². The van der Waals surface area contributed by atoms with Crippen LogP contribution in [0.2, 0.25) is 0 Å². The maximum Gasteiger partial charge on any atom is 0.308 e. The second kappa shape index (κ2) is 24.1.